The Kier molecular flexibility index (Phi) is 7.06. The van der Waals surface area contributed by atoms with Crippen LogP contribution < -0.4 is 14.8 Å². The average molecular weight is 395 g/mol. The van der Waals surface area contributed by atoms with Crippen LogP contribution in [0.3, 0.4) is 0 Å². The molecule has 0 fully saturated rings. The fourth-order valence-electron chi connectivity index (χ4n) is 2.40. The van der Waals surface area contributed by atoms with Gasteiger partial charge in [-0.2, -0.15) is 13.2 Å². The number of carbonyl (C=O) groups excluding carboxylic acids is 1. The SMILES string of the molecule is COc1ccc(/C=C/C(=O)NCC(O)c2ccc(C(F)(F)F)cc2)cc1OC. The van der Waals surface area contributed by atoms with Crippen molar-refractivity contribution in [2.45, 2.75) is 12.3 Å². The van der Waals surface area contributed by atoms with Crippen molar-refractivity contribution in [3.63, 3.8) is 0 Å². The zero-order valence-electron chi connectivity index (χ0n) is 15.3. The molecule has 0 aliphatic heterocycles. The molecule has 1 amide bonds. The molecule has 0 bridgehead atoms. The maximum absolute atomic E-state index is 12.5. The second-order valence-corrected chi connectivity index (χ2v) is 5.83. The molecule has 0 saturated heterocycles. The van der Waals surface area contributed by atoms with E-state index in [2.05, 4.69) is 5.32 Å². The molecule has 150 valence electrons. The van der Waals surface area contributed by atoms with Crippen LogP contribution in [0.2, 0.25) is 0 Å². The first kappa shape index (κ1) is 21.3. The van der Waals surface area contributed by atoms with Crippen LogP contribution in [0, 0.1) is 0 Å². The number of hydrogen-bond acceptors (Lipinski definition) is 4. The number of methoxy groups -OCH3 is 2. The number of amides is 1. The molecule has 0 spiro atoms. The highest BCUT2D eigenvalue weighted by Crippen LogP contribution is 2.30. The number of benzene rings is 2. The molecule has 2 aromatic carbocycles. The molecule has 28 heavy (non-hydrogen) atoms. The topological polar surface area (TPSA) is 67.8 Å². The monoisotopic (exact) mass is 395 g/mol. The predicted molar refractivity (Wildman–Crippen MR) is 98.0 cm³/mol. The zero-order valence-corrected chi connectivity index (χ0v) is 15.3. The maximum atomic E-state index is 12.5. The molecule has 0 aliphatic rings. The van der Waals surface area contributed by atoms with Crippen LogP contribution in [0.25, 0.3) is 6.08 Å². The lowest BCUT2D eigenvalue weighted by molar-refractivity contribution is -0.137. The Morgan fingerprint density at radius 3 is 2.32 bits per heavy atom. The predicted octanol–water partition coefficient (Wildman–Crippen LogP) is 3.59. The van der Waals surface area contributed by atoms with Gasteiger partial charge < -0.3 is 19.9 Å². The number of aliphatic hydroxyl groups is 1. The van der Waals surface area contributed by atoms with Crippen molar-refractivity contribution in [3.05, 3.63) is 65.2 Å². The van der Waals surface area contributed by atoms with E-state index >= 15 is 0 Å². The van der Waals surface area contributed by atoms with Crippen LogP contribution in [0.5, 0.6) is 11.5 Å². The minimum Gasteiger partial charge on any atom is -0.493 e. The van der Waals surface area contributed by atoms with E-state index in [1.165, 1.54) is 32.4 Å². The lowest BCUT2D eigenvalue weighted by Gasteiger charge is -2.13. The molecular formula is C20H20F3NO4. The summed E-state index contributed by atoms with van der Waals surface area (Å²) in [5.41, 5.74) is 0.179. The van der Waals surface area contributed by atoms with Gasteiger partial charge in [0, 0.05) is 12.6 Å². The maximum Gasteiger partial charge on any atom is 0.416 e. The van der Waals surface area contributed by atoms with E-state index in [-0.39, 0.29) is 12.1 Å². The second-order valence-electron chi connectivity index (χ2n) is 5.83. The Hall–Kier alpha value is -3.00. The third-order valence-corrected chi connectivity index (χ3v) is 3.93. The Balaban J connectivity index is 1.92. The van der Waals surface area contributed by atoms with Crippen LogP contribution in [0.4, 0.5) is 13.2 Å². The van der Waals surface area contributed by atoms with Gasteiger partial charge in [-0.05, 0) is 41.5 Å². The third-order valence-electron chi connectivity index (χ3n) is 3.93. The van der Waals surface area contributed by atoms with Gasteiger partial charge in [-0.15, -0.1) is 0 Å². The lowest BCUT2D eigenvalue weighted by Crippen LogP contribution is -2.26. The van der Waals surface area contributed by atoms with Crippen LogP contribution in [0.1, 0.15) is 22.8 Å². The number of halogens is 3. The van der Waals surface area contributed by atoms with E-state index in [0.717, 1.165) is 12.1 Å². The molecule has 1 unspecified atom stereocenters. The van der Waals surface area contributed by atoms with E-state index in [1.54, 1.807) is 24.3 Å². The summed E-state index contributed by atoms with van der Waals surface area (Å²) in [6.45, 7) is -0.138. The molecule has 0 radical (unpaired) electrons. The normalized spacial score (nSPS) is 12.6. The fraction of sp³-hybridized carbons (Fsp3) is 0.250. The molecule has 0 heterocycles. The van der Waals surface area contributed by atoms with Crippen molar-refractivity contribution in [2.75, 3.05) is 20.8 Å². The summed E-state index contributed by atoms with van der Waals surface area (Å²) in [4.78, 5) is 11.9. The number of nitrogens with one attached hydrogen (secondary N) is 1. The van der Waals surface area contributed by atoms with Crippen LogP contribution in [-0.4, -0.2) is 31.8 Å². The lowest BCUT2D eigenvalue weighted by atomic mass is 10.1. The number of hydrogen-bond donors (Lipinski definition) is 2. The molecule has 1 atom stereocenters. The van der Waals surface area contributed by atoms with Crippen LogP contribution in [0.15, 0.2) is 48.5 Å². The number of ether oxygens (including phenoxy) is 2. The summed E-state index contributed by atoms with van der Waals surface area (Å²) >= 11 is 0. The first-order valence-electron chi connectivity index (χ1n) is 8.27. The fourth-order valence-corrected chi connectivity index (χ4v) is 2.40. The Morgan fingerprint density at radius 2 is 1.75 bits per heavy atom. The van der Waals surface area contributed by atoms with E-state index in [9.17, 15) is 23.1 Å². The first-order chi connectivity index (χ1) is 13.2. The Labute approximate surface area is 160 Å². The number of rotatable bonds is 7. The highest BCUT2D eigenvalue weighted by Gasteiger charge is 2.30. The van der Waals surface area contributed by atoms with E-state index in [1.807, 2.05) is 0 Å². The summed E-state index contributed by atoms with van der Waals surface area (Å²) in [6.07, 6.45) is -2.73. The minimum absolute atomic E-state index is 0.138. The summed E-state index contributed by atoms with van der Waals surface area (Å²) in [6, 6.07) is 9.26. The number of carbonyl (C=O) groups is 1. The van der Waals surface area contributed by atoms with E-state index in [0.29, 0.717) is 17.1 Å². The number of aliphatic hydroxyl groups excluding tert-OH is 1. The van der Waals surface area contributed by atoms with Crippen LogP contribution >= 0.6 is 0 Å². The smallest absolute Gasteiger partial charge is 0.416 e. The van der Waals surface area contributed by atoms with E-state index in [4.69, 9.17) is 9.47 Å². The highest BCUT2D eigenvalue weighted by molar-refractivity contribution is 5.91. The summed E-state index contributed by atoms with van der Waals surface area (Å²) < 4.78 is 48.0. The van der Waals surface area contributed by atoms with Gasteiger partial charge in [0.2, 0.25) is 5.91 Å². The van der Waals surface area contributed by atoms with Gasteiger partial charge in [0.1, 0.15) is 0 Å². The van der Waals surface area contributed by atoms with Crippen molar-refractivity contribution < 1.29 is 32.5 Å². The molecule has 0 aliphatic carbocycles. The first-order valence-corrected chi connectivity index (χ1v) is 8.27. The highest BCUT2D eigenvalue weighted by atomic mass is 19.4. The molecule has 0 aromatic heterocycles. The molecule has 2 rings (SSSR count). The molecule has 2 aromatic rings. The Morgan fingerprint density at radius 1 is 1.11 bits per heavy atom. The van der Waals surface area contributed by atoms with Crippen molar-refractivity contribution >= 4 is 12.0 Å². The third kappa shape index (κ3) is 5.75. The summed E-state index contributed by atoms with van der Waals surface area (Å²) in [7, 11) is 3.02. The van der Waals surface area contributed by atoms with Crippen molar-refractivity contribution in [1.29, 1.82) is 0 Å². The van der Waals surface area contributed by atoms with Crippen molar-refractivity contribution in [3.8, 4) is 11.5 Å². The molecule has 0 saturated carbocycles. The molecular weight excluding hydrogens is 375 g/mol. The van der Waals surface area contributed by atoms with Crippen LogP contribution in [-0.2, 0) is 11.0 Å². The van der Waals surface area contributed by atoms with Gasteiger partial charge in [-0.25, -0.2) is 0 Å². The second kappa shape index (κ2) is 9.27. The van der Waals surface area contributed by atoms with Gasteiger partial charge in [-0.3, -0.25) is 4.79 Å². The Bertz CT molecular complexity index is 832. The zero-order chi connectivity index (χ0) is 20.7. The summed E-state index contributed by atoms with van der Waals surface area (Å²) in [5, 5.41) is 12.5. The summed E-state index contributed by atoms with van der Waals surface area (Å²) in [5.74, 6) is 0.618. The number of alkyl halides is 3. The van der Waals surface area contributed by atoms with Crippen molar-refractivity contribution in [2.24, 2.45) is 0 Å². The minimum atomic E-state index is -4.44. The van der Waals surface area contributed by atoms with Crippen molar-refractivity contribution in [1.82, 2.24) is 5.32 Å². The standard InChI is InChI=1S/C20H20F3NO4/c1-27-17-9-3-13(11-18(17)28-2)4-10-19(26)24-12-16(25)14-5-7-15(8-6-14)20(21,22)23/h3-11,16,25H,12H2,1-2H3,(H,24,26)/b10-4+. The van der Waals surface area contributed by atoms with Gasteiger partial charge in [0.05, 0.1) is 25.9 Å². The molecule has 8 heteroatoms. The van der Waals surface area contributed by atoms with Gasteiger partial charge in [0.15, 0.2) is 11.5 Å². The van der Waals surface area contributed by atoms with Gasteiger partial charge in [0.25, 0.3) is 0 Å². The molecule has 2 N–H and O–H groups in total. The molecule has 5 nitrogen and oxygen atoms in total. The quantitative estimate of drug-likeness (QED) is 0.704. The van der Waals surface area contributed by atoms with E-state index < -0.39 is 23.8 Å². The van der Waals surface area contributed by atoms with Gasteiger partial charge in [-0.1, -0.05) is 18.2 Å². The largest absolute Gasteiger partial charge is 0.493 e. The van der Waals surface area contributed by atoms with Gasteiger partial charge >= 0.3 is 6.18 Å². The average Bonchev–Trinajstić information content (AvgIpc) is 2.69.